The molecule has 5 nitrogen and oxygen atoms in total. The minimum atomic E-state index is 0.238. The van der Waals surface area contributed by atoms with Gasteiger partial charge >= 0.3 is 0 Å². The minimum absolute atomic E-state index is 0.238. The van der Waals surface area contributed by atoms with Crippen molar-refractivity contribution in [2.75, 3.05) is 19.4 Å². The van der Waals surface area contributed by atoms with E-state index in [9.17, 15) is 0 Å². The highest BCUT2D eigenvalue weighted by Gasteiger charge is 2.05. The van der Waals surface area contributed by atoms with Crippen LogP contribution in [0.4, 0.5) is 10.9 Å². The van der Waals surface area contributed by atoms with E-state index >= 15 is 0 Å². The van der Waals surface area contributed by atoms with Crippen molar-refractivity contribution in [3.05, 3.63) is 28.1 Å². The molecule has 0 aliphatic rings. The molecule has 2 heterocycles. The Morgan fingerprint density at radius 3 is 2.78 bits per heavy atom. The van der Waals surface area contributed by atoms with Crippen molar-refractivity contribution in [3.8, 4) is 0 Å². The molecule has 2 rings (SSSR count). The topological polar surface area (TPSA) is 53.9 Å². The number of hydrogen-bond donors (Lipinski definition) is 1. The summed E-state index contributed by atoms with van der Waals surface area (Å²) in [6.45, 7) is 2.69. The largest absolute Gasteiger partial charge is 0.316 e. The molecule has 0 bridgehead atoms. The van der Waals surface area contributed by atoms with E-state index in [1.807, 2.05) is 32.5 Å². The molecule has 0 atom stereocenters. The first-order valence-electron chi connectivity index (χ1n) is 5.40. The first kappa shape index (κ1) is 13.2. The third-order valence-corrected chi connectivity index (χ3v) is 3.07. The first-order valence-corrected chi connectivity index (χ1v) is 6.66. The fraction of sp³-hybridized carbons (Fsp3) is 0.364. The maximum Gasteiger partial charge on any atom is 0.224 e. The molecule has 0 fully saturated rings. The van der Waals surface area contributed by atoms with Crippen LogP contribution in [0.3, 0.4) is 0 Å². The van der Waals surface area contributed by atoms with Crippen LogP contribution in [-0.4, -0.2) is 33.9 Å². The zero-order valence-electron chi connectivity index (χ0n) is 10.4. The molecule has 1 N–H and O–H groups in total. The van der Waals surface area contributed by atoms with Gasteiger partial charge in [0, 0.05) is 23.7 Å². The van der Waals surface area contributed by atoms with Gasteiger partial charge in [-0.1, -0.05) is 0 Å². The highest BCUT2D eigenvalue weighted by atomic mass is 35.5. The second kappa shape index (κ2) is 5.60. The van der Waals surface area contributed by atoms with E-state index in [1.165, 1.54) is 0 Å². The second-order valence-electron chi connectivity index (χ2n) is 4.17. The number of nitrogens with zero attached hydrogens (tertiary/aromatic N) is 4. The summed E-state index contributed by atoms with van der Waals surface area (Å²) in [5, 5.41) is 6.20. The molecular weight excluding hydrogens is 270 g/mol. The number of nitrogens with one attached hydrogen (secondary N) is 1. The number of hydrogen-bond acceptors (Lipinski definition) is 6. The molecule has 0 radical (unpaired) electrons. The van der Waals surface area contributed by atoms with Crippen LogP contribution in [-0.2, 0) is 6.54 Å². The molecule has 0 spiro atoms. The number of rotatable bonds is 4. The average molecular weight is 284 g/mol. The van der Waals surface area contributed by atoms with Crippen LogP contribution in [0.5, 0.6) is 0 Å². The predicted molar refractivity (Wildman–Crippen MR) is 74.6 cm³/mol. The van der Waals surface area contributed by atoms with Crippen molar-refractivity contribution in [3.63, 3.8) is 0 Å². The van der Waals surface area contributed by atoms with Crippen molar-refractivity contribution in [2.45, 2.75) is 13.5 Å². The van der Waals surface area contributed by atoms with Crippen LogP contribution in [0, 0.1) is 6.92 Å². The molecule has 0 saturated heterocycles. The van der Waals surface area contributed by atoms with E-state index in [0.717, 1.165) is 23.1 Å². The lowest BCUT2D eigenvalue weighted by Crippen LogP contribution is -2.10. The molecule has 0 amide bonds. The first-order chi connectivity index (χ1) is 8.52. The lowest BCUT2D eigenvalue weighted by molar-refractivity contribution is 0.398. The summed E-state index contributed by atoms with van der Waals surface area (Å²) in [6.07, 6.45) is 0. The van der Waals surface area contributed by atoms with E-state index in [2.05, 4.69) is 25.2 Å². The summed E-state index contributed by atoms with van der Waals surface area (Å²) >= 11 is 7.35. The molecule has 0 aliphatic carbocycles. The Morgan fingerprint density at radius 2 is 2.11 bits per heavy atom. The number of aromatic nitrogens is 3. The molecule has 2 aromatic rings. The molecule has 0 aromatic carbocycles. The Hall–Kier alpha value is -1.24. The summed E-state index contributed by atoms with van der Waals surface area (Å²) in [5.41, 5.74) is 1.85. The summed E-state index contributed by atoms with van der Waals surface area (Å²) in [5.74, 6) is 0.665. The molecule has 0 unspecified atom stereocenters. The lowest BCUT2D eigenvalue weighted by atomic mass is 10.4. The second-order valence-corrected chi connectivity index (χ2v) is 5.37. The maximum absolute atomic E-state index is 5.80. The van der Waals surface area contributed by atoms with Gasteiger partial charge in [0.1, 0.15) is 5.82 Å². The van der Waals surface area contributed by atoms with E-state index < -0.39 is 0 Å². The number of aryl methyl sites for hydroxylation is 1. The summed E-state index contributed by atoms with van der Waals surface area (Å²) in [4.78, 5) is 14.7. The van der Waals surface area contributed by atoms with Gasteiger partial charge in [-0.15, -0.1) is 11.3 Å². The fourth-order valence-electron chi connectivity index (χ4n) is 1.47. The average Bonchev–Trinajstić information content (AvgIpc) is 2.62. The Morgan fingerprint density at radius 1 is 1.33 bits per heavy atom. The lowest BCUT2D eigenvalue weighted by Gasteiger charge is -2.05. The summed E-state index contributed by atoms with van der Waals surface area (Å²) < 4.78 is 0. The molecule has 0 aliphatic heterocycles. The van der Waals surface area contributed by atoms with Crippen molar-refractivity contribution >= 4 is 33.9 Å². The van der Waals surface area contributed by atoms with Crippen molar-refractivity contribution in [2.24, 2.45) is 0 Å². The highest BCUT2D eigenvalue weighted by molar-refractivity contribution is 7.13. The molecule has 7 heteroatoms. The van der Waals surface area contributed by atoms with E-state index in [0.29, 0.717) is 5.82 Å². The minimum Gasteiger partial charge on any atom is -0.316 e. The van der Waals surface area contributed by atoms with Crippen LogP contribution in [0.2, 0.25) is 5.28 Å². The number of thiazole rings is 1. The van der Waals surface area contributed by atoms with Gasteiger partial charge in [0.2, 0.25) is 5.28 Å². The van der Waals surface area contributed by atoms with Gasteiger partial charge in [0.05, 0.1) is 5.69 Å². The predicted octanol–water partition coefficient (Wildman–Crippen LogP) is 2.70. The SMILES string of the molecule is Cc1cc(Nc2nc(CN(C)C)cs2)nc(Cl)n1. The van der Waals surface area contributed by atoms with E-state index in [4.69, 9.17) is 11.6 Å². The quantitative estimate of drug-likeness (QED) is 0.875. The fourth-order valence-corrected chi connectivity index (χ4v) is 2.40. The summed E-state index contributed by atoms with van der Waals surface area (Å²) in [6, 6.07) is 1.83. The number of anilines is 2. The van der Waals surface area contributed by atoms with Crippen molar-refractivity contribution in [1.29, 1.82) is 0 Å². The van der Waals surface area contributed by atoms with Gasteiger partial charge in [-0.2, -0.15) is 0 Å². The summed E-state index contributed by atoms with van der Waals surface area (Å²) in [7, 11) is 4.03. The Labute approximate surface area is 115 Å². The normalized spacial score (nSPS) is 10.9. The van der Waals surface area contributed by atoms with E-state index in [1.54, 1.807) is 11.3 Å². The van der Waals surface area contributed by atoms with Crippen LogP contribution in [0.15, 0.2) is 11.4 Å². The van der Waals surface area contributed by atoms with Crippen LogP contribution in [0.1, 0.15) is 11.4 Å². The molecule has 2 aromatic heterocycles. The molecular formula is C11H14ClN5S. The van der Waals surface area contributed by atoms with E-state index in [-0.39, 0.29) is 5.28 Å². The smallest absolute Gasteiger partial charge is 0.224 e. The van der Waals surface area contributed by atoms with Crippen LogP contribution >= 0.6 is 22.9 Å². The Balaban J connectivity index is 2.11. The monoisotopic (exact) mass is 283 g/mol. The van der Waals surface area contributed by atoms with Crippen molar-refractivity contribution in [1.82, 2.24) is 19.9 Å². The molecule has 0 saturated carbocycles. The zero-order valence-corrected chi connectivity index (χ0v) is 12.0. The van der Waals surface area contributed by atoms with Gasteiger partial charge in [-0.25, -0.2) is 15.0 Å². The van der Waals surface area contributed by atoms with Gasteiger partial charge in [0.25, 0.3) is 0 Å². The standard InChI is InChI=1S/C11H14ClN5S/c1-7-4-9(15-10(12)13-7)16-11-14-8(6-18-11)5-17(2)3/h4,6H,5H2,1-3H3,(H,13,14,15,16). The third kappa shape index (κ3) is 3.63. The maximum atomic E-state index is 5.80. The van der Waals surface area contributed by atoms with Gasteiger partial charge in [-0.05, 0) is 32.6 Å². The van der Waals surface area contributed by atoms with Gasteiger partial charge in [-0.3, -0.25) is 0 Å². The van der Waals surface area contributed by atoms with Gasteiger partial charge < -0.3 is 10.2 Å². The Kier molecular flexibility index (Phi) is 4.11. The van der Waals surface area contributed by atoms with Crippen LogP contribution in [0.25, 0.3) is 0 Å². The van der Waals surface area contributed by atoms with Crippen molar-refractivity contribution < 1.29 is 0 Å². The number of halogens is 1. The van der Waals surface area contributed by atoms with Gasteiger partial charge in [0.15, 0.2) is 5.13 Å². The Bertz CT molecular complexity index is 520. The third-order valence-electron chi connectivity index (χ3n) is 2.09. The highest BCUT2D eigenvalue weighted by Crippen LogP contribution is 2.21. The van der Waals surface area contributed by atoms with Crippen LogP contribution < -0.4 is 5.32 Å². The molecule has 18 heavy (non-hydrogen) atoms. The molecule has 96 valence electrons. The zero-order chi connectivity index (χ0) is 13.1.